The number of carboxylic acids is 1. The second-order valence-corrected chi connectivity index (χ2v) is 2.48. The van der Waals surface area contributed by atoms with Gasteiger partial charge in [0.15, 0.2) is 0 Å². The molecular formula is C6H13NO3. The van der Waals surface area contributed by atoms with Crippen LogP contribution in [-0.4, -0.2) is 28.3 Å². The molecule has 4 nitrogen and oxygen atoms in total. The molecule has 4 N–H and O–H groups in total. The first-order chi connectivity index (χ1) is 4.46. The van der Waals surface area contributed by atoms with Gasteiger partial charge in [0.25, 0.3) is 0 Å². The van der Waals surface area contributed by atoms with Gasteiger partial charge in [0.1, 0.15) is 0 Å². The molecule has 3 atom stereocenters. The van der Waals surface area contributed by atoms with Gasteiger partial charge in [-0.05, 0) is 13.8 Å². The van der Waals surface area contributed by atoms with Crippen molar-refractivity contribution in [2.45, 2.75) is 26.0 Å². The number of carboxylic acid groups (broad SMARTS) is 1. The zero-order valence-electron chi connectivity index (χ0n) is 6.11. The standard InChI is InChI=1S/C6H13NO3/c1-3(6(9)10)5(8)4(2)7/h3-5,8H,7H2,1-2H3,(H,9,10)/t3-,4-,5+/m1/s1. The van der Waals surface area contributed by atoms with Crippen molar-refractivity contribution in [1.82, 2.24) is 0 Å². The Hall–Kier alpha value is -0.610. The van der Waals surface area contributed by atoms with Crippen molar-refractivity contribution in [3.05, 3.63) is 0 Å². The van der Waals surface area contributed by atoms with E-state index in [4.69, 9.17) is 15.9 Å². The maximum atomic E-state index is 10.2. The van der Waals surface area contributed by atoms with Crippen molar-refractivity contribution in [2.75, 3.05) is 0 Å². The highest BCUT2D eigenvalue weighted by Gasteiger charge is 2.23. The molecular weight excluding hydrogens is 134 g/mol. The fourth-order valence-electron chi connectivity index (χ4n) is 0.601. The van der Waals surface area contributed by atoms with Crippen LogP contribution in [0.2, 0.25) is 0 Å². The summed E-state index contributed by atoms with van der Waals surface area (Å²) in [5.41, 5.74) is 5.26. The molecule has 4 heteroatoms. The van der Waals surface area contributed by atoms with Gasteiger partial charge in [-0.25, -0.2) is 0 Å². The molecule has 0 amide bonds. The number of aliphatic carboxylic acids is 1. The lowest BCUT2D eigenvalue weighted by atomic mass is 10.0. The van der Waals surface area contributed by atoms with Crippen LogP contribution in [0.15, 0.2) is 0 Å². The zero-order chi connectivity index (χ0) is 8.31. The molecule has 0 saturated carbocycles. The fraction of sp³-hybridized carbons (Fsp3) is 0.833. The number of carbonyl (C=O) groups is 1. The molecule has 0 unspecified atom stereocenters. The summed E-state index contributed by atoms with van der Waals surface area (Å²) in [6.07, 6.45) is -0.961. The number of hydrogen-bond acceptors (Lipinski definition) is 3. The van der Waals surface area contributed by atoms with Crippen LogP contribution in [-0.2, 0) is 4.79 Å². The summed E-state index contributed by atoms with van der Waals surface area (Å²) in [5, 5.41) is 17.4. The lowest BCUT2D eigenvalue weighted by Crippen LogP contribution is -2.39. The van der Waals surface area contributed by atoms with Crippen molar-refractivity contribution in [3.63, 3.8) is 0 Å². The summed E-state index contributed by atoms with van der Waals surface area (Å²) in [6, 6.07) is -0.494. The Bertz CT molecular complexity index is 124. The first kappa shape index (κ1) is 9.39. The summed E-state index contributed by atoms with van der Waals surface area (Å²) in [5.74, 6) is -1.81. The summed E-state index contributed by atoms with van der Waals surface area (Å²) in [4.78, 5) is 10.2. The topological polar surface area (TPSA) is 83.5 Å². The average molecular weight is 147 g/mol. The van der Waals surface area contributed by atoms with E-state index in [1.54, 1.807) is 6.92 Å². The normalized spacial score (nSPS) is 19.6. The number of aliphatic hydroxyl groups excluding tert-OH is 1. The first-order valence-electron chi connectivity index (χ1n) is 3.13. The van der Waals surface area contributed by atoms with Crippen LogP contribution in [0.3, 0.4) is 0 Å². The van der Waals surface area contributed by atoms with Crippen molar-refractivity contribution in [2.24, 2.45) is 11.7 Å². The molecule has 0 radical (unpaired) electrons. The van der Waals surface area contributed by atoms with E-state index in [1.807, 2.05) is 0 Å². The highest BCUT2D eigenvalue weighted by molar-refractivity contribution is 5.70. The predicted molar refractivity (Wildman–Crippen MR) is 36.5 cm³/mol. The predicted octanol–water partition coefficient (Wildman–Crippen LogP) is -0.585. The van der Waals surface area contributed by atoms with Crippen LogP contribution in [0.1, 0.15) is 13.8 Å². The zero-order valence-corrected chi connectivity index (χ0v) is 6.11. The van der Waals surface area contributed by atoms with Gasteiger partial charge in [0.05, 0.1) is 12.0 Å². The van der Waals surface area contributed by atoms with E-state index < -0.39 is 24.0 Å². The van der Waals surface area contributed by atoms with Gasteiger partial charge in [-0.3, -0.25) is 4.79 Å². The molecule has 0 fully saturated rings. The molecule has 0 heterocycles. The smallest absolute Gasteiger partial charge is 0.308 e. The van der Waals surface area contributed by atoms with E-state index in [2.05, 4.69) is 0 Å². The number of aliphatic hydroxyl groups is 1. The minimum Gasteiger partial charge on any atom is -0.481 e. The number of rotatable bonds is 3. The Morgan fingerprint density at radius 3 is 2.00 bits per heavy atom. The van der Waals surface area contributed by atoms with Gasteiger partial charge >= 0.3 is 5.97 Å². The Morgan fingerprint density at radius 1 is 1.50 bits per heavy atom. The van der Waals surface area contributed by atoms with Crippen molar-refractivity contribution < 1.29 is 15.0 Å². The molecule has 0 aliphatic rings. The Balaban J connectivity index is 3.94. The van der Waals surface area contributed by atoms with E-state index in [0.717, 1.165) is 0 Å². The summed E-state index contributed by atoms with van der Waals surface area (Å²) in [6.45, 7) is 3.00. The maximum Gasteiger partial charge on any atom is 0.308 e. The molecule has 0 rings (SSSR count). The SMILES string of the molecule is C[C@@H](N)[C@@H](O)[C@@H](C)C(=O)O. The second-order valence-electron chi connectivity index (χ2n) is 2.48. The third kappa shape index (κ3) is 2.33. The van der Waals surface area contributed by atoms with Crippen LogP contribution in [0, 0.1) is 5.92 Å². The molecule has 0 aromatic carbocycles. The maximum absolute atomic E-state index is 10.2. The van der Waals surface area contributed by atoms with Gasteiger partial charge in [-0.15, -0.1) is 0 Å². The molecule has 0 saturated heterocycles. The Kier molecular flexibility index (Phi) is 3.32. The van der Waals surface area contributed by atoms with E-state index >= 15 is 0 Å². The lowest BCUT2D eigenvalue weighted by Gasteiger charge is -2.17. The van der Waals surface area contributed by atoms with Crippen LogP contribution >= 0.6 is 0 Å². The Labute approximate surface area is 59.7 Å². The molecule has 0 aliphatic carbocycles. The molecule has 0 aliphatic heterocycles. The molecule has 0 bridgehead atoms. The third-order valence-electron chi connectivity index (χ3n) is 1.44. The van der Waals surface area contributed by atoms with Crippen molar-refractivity contribution in [3.8, 4) is 0 Å². The molecule has 0 aromatic rings. The van der Waals surface area contributed by atoms with E-state index in [0.29, 0.717) is 0 Å². The van der Waals surface area contributed by atoms with Crippen molar-refractivity contribution >= 4 is 5.97 Å². The minimum atomic E-state index is -1.02. The lowest BCUT2D eigenvalue weighted by molar-refractivity contribution is -0.145. The van der Waals surface area contributed by atoms with Crippen LogP contribution in [0.4, 0.5) is 0 Å². The van der Waals surface area contributed by atoms with E-state index in [9.17, 15) is 4.79 Å². The quantitative estimate of drug-likeness (QED) is 0.498. The van der Waals surface area contributed by atoms with Crippen molar-refractivity contribution in [1.29, 1.82) is 0 Å². The largest absolute Gasteiger partial charge is 0.481 e. The number of hydrogen-bond donors (Lipinski definition) is 3. The average Bonchev–Trinajstić information content (AvgIpc) is 1.84. The fourth-order valence-corrected chi connectivity index (χ4v) is 0.601. The van der Waals surface area contributed by atoms with E-state index in [-0.39, 0.29) is 0 Å². The summed E-state index contributed by atoms with van der Waals surface area (Å²) < 4.78 is 0. The minimum absolute atomic E-state index is 0.494. The van der Waals surface area contributed by atoms with Crippen LogP contribution < -0.4 is 5.73 Å². The molecule has 0 aromatic heterocycles. The van der Waals surface area contributed by atoms with Gasteiger partial charge in [0.2, 0.25) is 0 Å². The molecule has 60 valence electrons. The highest BCUT2D eigenvalue weighted by Crippen LogP contribution is 2.05. The van der Waals surface area contributed by atoms with E-state index in [1.165, 1.54) is 6.92 Å². The molecule has 0 spiro atoms. The molecule has 10 heavy (non-hydrogen) atoms. The monoisotopic (exact) mass is 147 g/mol. The summed E-state index contributed by atoms with van der Waals surface area (Å²) >= 11 is 0. The number of nitrogens with two attached hydrogens (primary N) is 1. The van der Waals surface area contributed by atoms with Crippen LogP contribution in [0.5, 0.6) is 0 Å². The van der Waals surface area contributed by atoms with Gasteiger partial charge in [-0.1, -0.05) is 0 Å². The Morgan fingerprint density at radius 2 is 1.90 bits per heavy atom. The van der Waals surface area contributed by atoms with Gasteiger partial charge in [-0.2, -0.15) is 0 Å². The second kappa shape index (κ2) is 3.53. The van der Waals surface area contributed by atoms with Gasteiger partial charge in [0, 0.05) is 6.04 Å². The van der Waals surface area contributed by atoms with Crippen LogP contribution in [0.25, 0.3) is 0 Å². The first-order valence-corrected chi connectivity index (χ1v) is 3.13. The third-order valence-corrected chi connectivity index (χ3v) is 1.44. The highest BCUT2D eigenvalue weighted by atomic mass is 16.4. The summed E-state index contributed by atoms with van der Waals surface area (Å²) in [7, 11) is 0. The van der Waals surface area contributed by atoms with Gasteiger partial charge < -0.3 is 15.9 Å².